The fourth-order valence-electron chi connectivity index (χ4n) is 2.75. The Kier molecular flexibility index (Phi) is 2.73. The standard InChI is InChI=1S/C14H16FNO2/c1-9-6-10(7-9)14(17)16-4-5-18-13-8-11(15)2-3-12(13)16/h2-3,8-10H,4-7H2,1H3. The lowest BCUT2D eigenvalue weighted by molar-refractivity contribution is -0.126. The molecule has 2 aliphatic rings. The van der Waals surface area contributed by atoms with Crippen LogP contribution in [0.15, 0.2) is 18.2 Å². The molecule has 1 aromatic carbocycles. The molecule has 3 nitrogen and oxygen atoms in total. The fourth-order valence-corrected chi connectivity index (χ4v) is 2.75. The molecule has 0 bridgehead atoms. The first-order valence-corrected chi connectivity index (χ1v) is 6.39. The summed E-state index contributed by atoms with van der Waals surface area (Å²) in [4.78, 5) is 14.1. The Morgan fingerprint density at radius 1 is 1.44 bits per heavy atom. The van der Waals surface area contributed by atoms with E-state index in [1.807, 2.05) is 0 Å². The van der Waals surface area contributed by atoms with Crippen molar-refractivity contribution >= 4 is 11.6 Å². The monoisotopic (exact) mass is 249 g/mol. The molecule has 18 heavy (non-hydrogen) atoms. The number of hydrogen-bond donors (Lipinski definition) is 0. The fraction of sp³-hybridized carbons (Fsp3) is 0.500. The lowest BCUT2D eigenvalue weighted by atomic mass is 9.75. The molecule has 0 unspecified atom stereocenters. The van der Waals surface area contributed by atoms with Gasteiger partial charge in [0.25, 0.3) is 0 Å². The summed E-state index contributed by atoms with van der Waals surface area (Å²) in [5, 5.41) is 0. The molecule has 0 aromatic heterocycles. The largest absolute Gasteiger partial charge is 0.489 e. The predicted octanol–water partition coefficient (Wildman–Crippen LogP) is 2.60. The zero-order valence-corrected chi connectivity index (χ0v) is 10.4. The minimum absolute atomic E-state index is 0.135. The van der Waals surface area contributed by atoms with Gasteiger partial charge in [0.1, 0.15) is 18.2 Å². The summed E-state index contributed by atoms with van der Waals surface area (Å²) >= 11 is 0. The van der Waals surface area contributed by atoms with Crippen molar-refractivity contribution in [1.29, 1.82) is 0 Å². The summed E-state index contributed by atoms with van der Waals surface area (Å²) in [5.74, 6) is 1.08. The Morgan fingerprint density at radius 2 is 2.22 bits per heavy atom. The lowest BCUT2D eigenvalue weighted by Gasteiger charge is -2.37. The number of rotatable bonds is 1. The topological polar surface area (TPSA) is 29.5 Å². The molecule has 0 spiro atoms. The van der Waals surface area contributed by atoms with Crippen LogP contribution in [-0.4, -0.2) is 19.1 Å². The maximum atomic E-state index is 13.1. The molecular weight excluding hydrogens is 233 g/mol. The molecule has 0 saturated heterocycles. The predicted molar refractivity (Wildman–Crippen MR) is 66.1 cm³/mol. The highest BCUT2D eigenvalue weighted by Crippen LogP contribution is 2.38. The van der Waals surface area contributed by atoms with E-state index >= 15 is 0 Å². The normalized spacial score (nSPS) is 26.0. The minimum atomic E-state index is -0.333. The average molecular weight is 249 g/mol. The molecule has 1 heterocycles. The lowest BCUT2D eigenvalue weighted by Crippen LogP contribution is -2.45. The molecular formula is C14H16FNO2. The average Bonchev–Trinajstić information content (AvgIpc) is 2.33. The summed E-state index contributed by atoms with van der Waals surface area (Å²) in [7, 11) is 0. The van der Waals surface area contributed by atoms with Gasteiger partial charge in [-0.15, -0.1) is 0 Å². The van der Waals surface area contributed by atoms with E-state index in [0.29, 0.717) is 30.5 Å². The van der Waals surface area contributed by atoms with E-state index in [2.05, 4.69) is 6.92 Å². The summed E-state index contributed by atoms with van der Waals surface area (Å²) in [6, 6.07) is 4.35. The summed E-state index contributed by atoms with van der Waals surface area (Å²) in [6.45, 7) is 3.15. The Balaban J connectivity index is 1.85. The number of carbonyl (C=O) groups is 1. The Morgan fingerprint density at radius 3 is 2.94 bits per heavy atom. The van der Waals surface area contributed by atoms with Crippen molar-refractivity contribution in [2.24, 2.45) is 11.8 Å². The van der Waals surface area contributed by atoms with E-state index in [9.17, 15) is 9.18 Å². The number of amides is 1. The van der Waals surface area contributed by atoms with E-state index in [1.54, 1.807) is 11.0 Å². The van der Waals surface area contributed by atoms with Gasteiger partial charge in [-0.3, -0.25) is 4.79 Å². The third kappa shape index (κ3) is 1.85. The highest BCUT2D eigenvalue weighted by molar-refractivity contribution is 5.97. The van der Waals surface area contributed by atoms with Gasteiger partial charge in [0.2, 0.25) is 5.91 Å². The van der Waals surface area contributed by atoms with Crippen LogP contribution in [0.4, 0.5) is 10.1 Å². The van der Waals surface area contributed by atoms with Crippen molar-refractivity contribution in [3.05, 3.63) is 24.0 Å². The zero-order valence-electron chi connectivity index (χ0n) is 10.4. The molecule has 0 atom stereocenters. The molecule has 1 saturated carbocycles. The third-order valence-corrected chi connectivity index (χ3v) is 3.77. The molecule has 1 aliphatic carbocycles. The first kappa shape index (κ1) is 11.5. The van der Waals surface area contributed by atoms with Crippen LogP contribution in [0, 0.1) is 17.7 Å². The second-order valence-electron chi connectivity index (χ2n) is 5.22. The first-order chi connectivity index (χ1) is 8.65. The number of anilines is 1. The summed E-state index contributed by atoms with van der Waals surface area (Å²) in [5.41, 5.74) is 0.701. The highest BCUT2D eigenvalue weighted by atomic mass is 19.1. The van der Waals surface area contributed by atoms with Crippen LogP contribution in [0.1, 0.15) is 19.8 Å². The molecule has 4 heteroatoms. The highest BCUT2D eigenvalue weighted by Gasteiger charge is 2.36. The van der Waals surface area contributed by atoms with Gasteiger partial charge in [0, 0.05) is 12.0 Å². The molecule has 96 valence electrons. The number of hydrogen-bond acceptors (Lipinski definition) is 2. The van der Waals surface area contributed by atoms with E-state index in [0.717, 1.165) is 12.8 Å². The molecule has 1 amide bonds. The second kappa shape index (κ2) is 4.26. The van der Waals surface area contributed by atoms with Crippen LogP contribution in [0.3, 0.4) is 0 Å². The number of benzene rings is 1. The number of ether oxygens (including phenoxy) is 1. The van der Waals surface area contributed by atoms with Crippen molar-refractivity contribution in [1.82, 2.24) is 0 Å². The van der Waals surface area contributed by atoms with Gasteiger partial charge in [-0.05, 0) is 30.9 Å². The maximum absolute atomic E-state index is 13.1. The smallest absolute Gasteiger partial charge is 0.230 e. The van der Waals surface area contributed by atoms with E-state index < -0.39 is 0 Å². The van der Waals surface area contributed by atoms with Crippen LogP contribution < -0.4 is 9.64 Å². The molecule has 1 fully saturated rings. The molecule has 0 N–H and O–H groups in total. The van der Waals surface area contributed by atoms with Gasteiger partial charge in [-0.25, -0.2) is 4.39 Å². The number of halogens is 1. The maximum Gasteiger partial charge on any atom is 0.230 e. The van der Waals surface area contributed by atoms with Crippen LogP contribution >= 0.6 is 0 Å². The number of fused-ring (bicyclic) bond motifs is 1. The quantitative estimate of drug-likeness (QED) is 0.765. The van der Waals surface area contributed by atoms with Gasteiger partial charge in [0.05, 0.1) is 12.2 Å². The third-order valence-electron chi connectivity index (χ3n) is 3.77. The Labute approximate surface area is 106 Å². The van der Waals surface area contributed by atoms with E-state index in [-0.39, 0.29) is 17.6 Å². The second-order valence-corrected chi connectivity index (χ2v) is 5.22. The van der Waals surface area contributed by atoms with Gasteiger partial charge < -0.3 is 9.64 Å². The molecule has 3 rings (SSSR count). The summed E-state index contributed by atoms with van der Waals surface area (Å²) in [6.07, 6.45) is 1.93. The van der Waals surface area contributed by atoms with Crippen LogP contribution in [-0.2, 0) is 4.79 Å². The zero-order chi connectivity index (χ0) is 12.7. The van der Waals surface area contributed by atoms with E-state index in [4.69, 9.17) is 4.74 Å². The van der Waals surface area contributed by atoms with Gasteiger partial charge in [-0.2, -0.15) is 0 Å². The van der Waals surface area contributed by atoms with Crippen molar-refractivity contribution in [2.75, 3.05) is 18.1 Å². The van der Waals surface area contributed by atoms with Crippen LogP contribution in [0.2, 0.25) is 0 Å². The van der Waals surface area contributed by atoms with E-state index in [1.165, 1.54) is 12.1 Å². The van der Waals surface area contributed by atoms with Crippen molar-refractivity contribution < 1.29 is 13.9 Å². The van der Waals surface area contributed by atoms with Gasteiger partial charge >= 0.3 is 0 Å². The minimum Gasteiger partial charge on any atom is -0.489 e. The molecule has 1 aliphatic heterocycles. The van der Waals surface area contributed by atoms with Crippen LogP contribution in [0.25, 0.3) is 0 Å². The summed E-state index contributed by atoms with van der Waals surface area (Å²) < 4.78 is 18.5. The number of carbonyl (C=O) groups excluding carboxylic acids is 1. The van der Waals surface area contributed by atoms with Crippen molar-refractivity contribution in [3.8, 4) is 5.75 Å². The molecule has 0 radical (unpaired) electrons. The first-order valence-electron chi connectivity index (χ1n) is 6.39. The van der Waals surface area contributed by atoms with Gasteiger partial charge in [-0.1, -0.05) is 6.92 Å². The Hall–Kier alpha value is -1.58. The SMILES string of the molecule is CC1CC(C(=O)N2CCOc3cc(F)ccc32)C1. The van der Waals surface area contributed by atoms with Crippen molar-refractivity contribution in [3.63, 3.8) is 0 Å². The Bertz CT molecular complexity index is 483. The number of nitrogens with zero attached hydrogens (tertiary/aromatic N) is 1. The van der Waals surface area contributed by atoms with Gasteiger partial charge in [0.15, 0.2) is 0 Å². The van der Waals surface area contributed by atoms with Crippen molar-refractivity contribution in [2.45, 2.75) is 19.8 Å². The molecule has 1 aromatic rings. The van der Waals surface area contributed by atoms with Crippen LogP contribution in [0.5, 0.6) is 5.75 Å².